The topological polar surface area (TPSA) is 93.3 Å². The monoisotopic (exact) mass is 280 g/mol. The number of nitrogens with zero attached hydrogens (tertiary/aromatic N) is 2. The molecule has 4 N–H and O–H groups in total. The summed E-state index contributed by atoms with van der Waals surface area (Å²) in [7, 11) is 0. The summed E-state index contributed by atoms with van der Waals surface area (Å²) in [4.78, 5) is 8.25. The van der Waals surface area contributed by atoms with Crippen LogP contribution >= 0.6 is 0 Å². The summed E-state index contributed by atoms with van der Waals surface area (Å²) < 4.78 is 5.56. The maximum absolute atomic E-state index is 9.73. The van der Waals surface area contributed by atoms with E-state index in [2.05, 4.69) is 15.3 Å². The van der Waals surface area contributed by atoms with E-state index in [1.165, 1.54) is 12.7 Å². The first-order valence-electron chi connectivity index (χ1n) is 7.22. The highest BCUT2D eigenvalue weighted by Crippen LogP contribution is 2.34. The molecule has 0 spiro atoms. The predicted molar refractivity (Wildman–Crippen MR) is 78.7 cm³/mol. The molecule has 0 atom stereocenters. The summed E-state index contributed by atoms with van der Waals surface area (Å²) >= 11 is 0. The summed E-state index contributed by atoms with van der Waals surface area (Å²) in [6.07, 6.45) is 6.71. The van der Waals surface area contributed by atoms with Gasteiger partial charge in [0.15, 0.2) is 5.82 Å². The smallest absolute Gasteiger partial charge is 0.242 e. The second-order valence-electron chi connectivity index (χ2n) is 5.73. The van der Waals surface area contributed by atoms with Crippen LogP contribution in [0.15, 0.2) is 6.33 Å². The molecule has 0 aromatic carbocycles. The fourth-order valence-electron chi connectivity index (χ4n) is 2.60. The number of nitrogen functional groups attached to an aromatic ring is 1. The van der Waals surface area contributed by atoms with Crippen molar-refractivity contribution in [2.45, 2.75) is 57.6 Å². The number of aliphatic hydroxyl groups is 1. The van der Waals surface area contributed by atoms with Gasteiger partial charge in [-0.05, 0) is 26.7 Å². The van der Waals surface area contributed by atoms with Gasteiger partial charge in [-0.2, -0.15) is 4.98 Å². The van der Waals surface area contributed by atoms with Crippen molar-refractivity contribution in [1.82, 2.24) is 9.97 Å². The maximum Gasteiger partial charge on any atom is 0.242 e. The van der Waals surface area contributed by atoms with Gasteiger partial charge in [-0.15, -0.1) is 0 Å². The third-order valence-electron chi connectivity index (χ3n) is 3.69. The highest BCUT2D eigenvalue weighted by molar-refractivity contribution is 5.67. The fraction of sp³-hybridized carbons (Fsp3) is 0.714. The highest BCUT2D eigenvalue weighted by atomic mass is 16.5. The molecule has 1 aromatic rings. The molecule has 1 saturated carbocycles. The van der Waals surface area contributed by atoms with Gasteiger partial charge in [0, 0.05) is 0 Å². The van der Waals surface area contributed by atoms with Crippen molar-refractivity contribution in [2.24, 2.45) is 0 Å². The van der Waals surface area contributed by atoms with Crippen molar-refractivity contribution in [1.29, 1.82) is 0 Å². The minimum atomic E-state index is -0.324. The Morgan fingerprint density at radius 1 is 1.35 bits per heavy atom. The number of anilines is 2. The van der Waals surface area contributed by atoms with Crippen LogP contribution in [0.1, 0.15) is 46.0 Å². The van der Waals surface area contributed by atoms with Crippen molar-refractivity contribution in [3.05, 3.63) is 6.33 Å². The number of aliphatic hydroxyl groups excluding tert-OH is 1. The average molecular weight is 280 g/mol. The molecule has 0 aliphatic heterocycles. The lowest BCUT2D eigenvalue weighted by atomic mass is 9.82. The second kappa shape index (κ2) is 6.26. The number of hydrogen-bond donors (Lipinski definition) is 3. The summed E-state index contributed by atoms with van der Waals surface area (Å²) in [5, 5.41) is 13.1. The molecule has 1 aromatic heterocycles. The molecule has 1 aliphatic rings. The van der Waals surface area contributed by atoms with E-state index in [9.17, 15) is 5.11 Å². The molecule has 0 radical (unpaired) electrons. The summed E-state index contributed by atoms with van der Waals surface area (Å²) in [5.41, 5.74) is 6.15. The maximum atomic E-state index is 9.73. The zero-order valence-corrected chi connectivity index (χ0v) is 12.2. The Morgan fingerprint density at radius 3 is 2.65 bits per heavy atom. The fourth-order valence-corrected chi connectivity index (χ4v) is 2.60. The van der Waals surface area contributed by atoms with Crippen LogP contribution < -0.4 is 15.8 Å². The lowest BCUT2D eigenvalue weighted by Crippen LogP contribution is -2.44. The van der Waals surface area contributed by atoms with Crippen LogP contribution in [0.3, 0.4) is 0 Å². The Kier molecular flexibility index (Phi) is 4.65. The molecule has 112 valence electrons. The number of ether oxygens (including phenoxy) is 1. The predicted octanol–water partition coefficient (Wildman–Crippen LogP) is 1.95. The number of nitrogens with one attached hydrogen (secondary N) is 1. The van der Waals surface area contributed by atoms with Crippen LogP contribution in [0.5, 0.6) is 5.88 Å². The molecule has 0 bridgehead atoms. The van der Waals surface area contributed by atoms with Crippen LogP contribution in [0, 0.1) is 0 Å². The van der Waals surface area contributed by atoms with Gasteiger partial charge in [-0.25, -0.2) is 4.98 Å². The zero-order valence-electron chi connectivity index (χ0n) is 12.2. The van der Waals surface area contributed by atoms with Crippen LogP contribution in [-0.2, 0) is 0 Å². The Bertz CT molecular complexity index is 445. The number of nitrogens with two attached hydrogens (primary N) is 1. The molecule has 1 heterocycles. The van der Waals surface area contributed by atoms with Gasteiger partial charge < -0.3 is 20.9 Å². The van der Waals surface area contributed by atoms with Gasteiger partial charge >= 0.3 is 0 Å². The Hall–Kier alpha value is -1.56. The summed E-state index contributed by atoms with van der Waals surface area (Å²) in [6.45, 7) is 3.92. The molecule has 1 aliphatic carbocycles. The number of rotatable bonds is 5. The average Bonchev–Trinajstić information content (AvgIpc) is 2.44. The van der Waals surface area contributed by atoms with E-state index in [-0.39, 0.29) is 18.2 Å². The van der Waals surface area contributed by atoms with Crippen LogP contribution in [-0.4, -0.2) is 33.3 Å². The lowest BCUT2D eigenvalue weighted by Gasteiger charge is -2.37. The molecular weight excluding hydrogens is 256 g/mol. The highest BCUT2D eigenvalue weighted by Gasteiger charge is 2.32. The minimum Gasteiger partial charge on any atom is -0.473 e. The summed E-state index contributed by atoms with van der Waals surface area (Å²) in [5.74, 6) is 0.938. The van der Waals surface area contributed by atoms with Crippen molar-refractivity contribution in [2.75, 3.05) is 17.7 Å². The van der Waals surface area contributed by atoms with E-state index in [4.69, 9.17) is 10.5 Å². The first kappa shape index (κ1) is 14.8. The molecule has 1 fully saturated rings. The van der Waals surface area contributed by atoms with E-state index < -0.39 is 0 Å². The quantitative estimate of drug-likeness (QED) is 0.763. The first-order valence-corrected chi connectivity index (χ1v) is 7.22. The minimum absolute atomic E-state index is 0.00142. The molecule has 6 heteroatoms. The summed E-state index contributed by atoms with van der Waals surface area (Å²) in [6, 6.07) is 0. The molecule has 0 amide bonds. The van der Waals surface area contributed by atoms with Gasteiger partial charge in [0.1, 0.15) is 12.0 Å². The van der Waals surface area contributed by atoms with Gasteiger partial charge in [-0.3, -0.25) is 0 Å². The molecule has 0 unspecified atom stereocenters. The molecular formula is C14H24N4O2. The number of hydrogen-bond acceptors (Lipinski definition) is 6. The standard InChI is InChI=1S/C14H24N4O2/c1-10(2)20-13-11(15)12(16-9-17-13)18-14(8-19)6-4-3-5-7-14/h9-10,19H,3-8,15H2,1-2H3,(H,16,17,18). The van der Waals surface area contributed by atoms with Gasteiger partial charge in [0.2, 0.25) is 5.88 Å². The Labute approximate surface area is 119 Å². The second-order valence-corrected chi connectivity index (χ2v) is 5.73. The Balaban J connectivity index is 2.19. The molecule has 20 heavy (non-hydrogen) atoms. The third-order valence-corrected chi connectivity index (χ3v) is 3.69. The molecule has 2 rings (SSSR count). The van der Waals surface area contributed by atoms with Crippen molar-refractivity contribution < 1.29 is 9.84 Å². The van der Waals surface area contributed by atoms with Crippen LogP contribution in [0.4, 0.5) is 11.5 Å². The number of aromatic nitrogens is 2. The molecule has 6 nitrogen and oxygen atoms in total. The van der Waals surface area contributed by atoms with Gasteiger partial charge in [0.25, 0.3) is 0 Å². The van der Waals surface area contributed by atoms with E-state index in [0.717, 1.165) is 25.7 Å². The SMILES string of the molecule is CC(C)Oc1ncnc(NC2(CO)CCCCC2)c1N. The van der Waals surface area contributed by atoms with E-state index >= 15 is 0 Å². The van der Waals surface area contributed by atoms with Crippen molar-refractivity contribution >= 4 is 11.5 Å². The first-order chi connectivity index (χ1) is 9.56. The van der Waals surface area contributed by atoms with Gasteiger partial charge in [-0.1, -0.05) is 19.3 Å². The zero-order chi connectivity index (χ0) is 14.6. The molecule has 0 saturated heterocycles. The third kappa shape index (κ3) is 3.30. The Morgan fingerprint density at radius 2 is 2.05 bits per heavy atom. The van der Waals surface area contributed by atoms with E-state index in [1.54, 1.807) is 0 Å². The van der Waals surface area contributed by atoms with Crippen molar-refractivity contribution in [3.8, 4) is 5.88 Å². The van der Waals surface area contributed by atoms with Crippen LogP contribution in [0.2, 0.25) is 0 Å². The van der Waals surface area contributed by atoms with Crippen LogP contribution in [0.25, 0.3) is 0 Å². The lowest BCUT2D eigenvalue weighted by molar-refractivity contribution is 0.172. The van der Waals surface area contributed by atoms with E-state index in [1.807, 2.05) is 13.8 Å². The normalized spacial score (nSPS) is 18.0. The van der Waals surface area contributed by atoms with E-state index in [0.29, 0.717) is 17.4 Å². The van der Waals surface area contributed by atoms with Gasteiger partial charge in [0.05, 0.1) is 18.2 Å². The van der Waals surface area contributed by atoms with Crippen molar-refractivity contribution in [3.63, 3.8) is 0 Å². The largest absolute Gasteiger partial charge is 0.473 e.